The molecule has 78 valence electrons. The zero-order chi connectivity index (χ0) is 10.5. The van der Waals surface area contributed by atoms with E-state index in [0.717, 1.165) is 6.42 Å². The molecule has 1 unspecified atom stereocenters. The summed E-state index contributed by atoms with van der Waals surface area (Å²) < 4.78 is 4.89. The van der Waals surface area contributed by atoms with E-state index in [1.165, 1.54) is 0 Å². The van der Waals surface area contributed by atoms with Gasteiger partial charge >= 0.3 is 5.97 Å². The highest BCUT2D eigenvalue weighted by molar-refractivity contribution is 5.75. The third kappa shape index (κ3) is 4.88. The van der Waals surface area contributed by atoms with Crippen LogP contribution in [-0.2, 0) is 9.53 Å². The standard InChI is InChI=1S/C10H21NO2/c1-6-10(4,5)11-8(3)9(12)13-7-2/h8,11H,6-7H2,1-5H3. The maximum Gasteiger partial charge on any atom is 0.322 e. The Morgan fingerprint density at radius 3 is 2.38 bits per heavy atom. The van der Waals surface area contributed by atoms with Gasteiger partial charge in [-0.3, -0.25) is 10.1 Å². The van der Waals surface area contributed by atoms with Crippen LogP contribution < -0.4 is 5.32 Å². The number of nitrogens with one attached hydrogen (secondary N) is 1. The first-order chi connectivity index (χ1) is 5.93. The molecular weight excluding hydrogens is 166 g/mol. The summed E-state index contributed by atoms with van der Waals surface area (Å²) in [5.41, 5.74) is -0.00776. The average Bonchev–Trinajstić information content (AvgIpc) is 2.04. The van der Waals surface area contributed by atoms with Crippen LogP contribution in [0.4, 0.5) is 0 Å². The molecule has 0 radical (unpaired) electrons. The smallest absolute Gasteiger partial charge is 0.322 e. The Morgan fingerprint density at radius 1 is 1.46 bits per heavy atom. The van der Waals surface area contributed by atoms with E-state index < -0.39 is 0 Å². The van der Waals surface area contributed by atoms with Gasteiger partial charge in [-0.25, -0.2) is 0 Å². The SMILES string of the molecule is CCOC(=O)C(C)NC(C)(C)CC. The van der Waals surface area contributed by atoms with E-state index in [-0.39, 0.29) is 17.6 Å². The first-order valence-electron chi connectivity index (χ1n) is 4.87. The van der Waals surface area contributed by atoms with Crippen molar-refractivity contribution in [2.24, 2.45) is 0 Å². The van der Waals surface area contributed by atoms with Crippen LogP contribution in [0, 0.1) is 0 Å². The molecule has 0 saturated heterocycles. The van der Waals surface area contributed by atoms with Gasteiger partial charge in [0.2, 0.25) is 0 Å². The number of esters is 1. The largest absolute Gasteiger partial charge is 0.465 e. The summed E-state index contributed by atoms with van der Waals surface area (Å²) in [6.07, 6.45) is 0.983. The van der Waals surface area contributed by atoms with Crippen molar-refractivity contribution in [1.29, 1.82) is 0 Å². The van der Waals surface area contributed by atoms with Crippen molar-refractivity contribution in [2.75, 3.05) is 6.61 Å². The molecule has 13 heavy (non-hydrogen) atoms. The summed E-state index contributed by atoms with van der Waals surface area (Å²) >= 11 is 0. The number of carbonyl (C=O) groups is 1. The van der Waals surface area contributed by atoms with Crippen molar-refractivity contribution in [1.82, 2.24) is 5.32 Å². The predicted molar refractivity (Wildman–Crippen MR) is 53.6 cm³/mol. The highest BCUT2D eigenvalue weighted by Gasteiger charge is 2.22. The van der Waals surface area contributed by atoms with Crippen LogP contribution in [0.1, 0.15) is 41.0 Å². The summed E-state index contributed by atoms with van der Waals surface area (Å²) in [6, 6.07) is -0.227. The van der Waals surface area contributed by atoms with Gasteiger partial charge in [-0.1, -0.05) is 6.92 Å². The highest BCUT2D eigenvalue weighted by Crippen LogP contribution is 2.08. The molecule has 0 rings (SSSR count). The Hall–Kier alpha value is -0.570. The molecule has 0 spiro atoms. The number of carbonyl (C=O) groups excluding carboxylic acids is 1. The monoisotopic (exact) mass is 187 g/mol. The Balaban J connectivity index is 3.99. The fourth-order valence-corrected chi connectivity index (χ4v) is 1.01. The van der Waals surface area contributed by atoms with Crippen molar-refractivity contribution in [3.8, 4) is 0 Å². The van der Waals surface area contributed by atoms with Gasteiger partial charge in [0.1, 0.15) is 6.04 Å². The maximum absolute atomic E-state index is 11.3. The molecule has 3 nitrogen and oxygen atoms in total. The Kier molecular flexibility index (Phi) is 4.99. The predicted octanol–water partition coefficient (Wildman–Crippen LogP) is 1.72. The molecule has 1 N–H and O–H groups in total. The van der Waals surface area contributed by atoms with E-state index in [1.807, 2.05) is 13.8 Å². The fourth-order valence-electron chi connectivity index (χ4n) is 1.01. The number of ether oxygens (including phenoxy) is 1. The third-order valence-corrected chi connectivity index (χ3v) is 2.13. The van der Waals surface area contributed by atoms with Crippen molar-refractivity contribution >= 4 is 5.97 Å². The summed E-state index contributed by atoms with van der Waals surface area (Å²) in [5, 5.41) is 3.22. The molecule has 0 saturated carbocycles. The molecule has 0 bridgehead atoms. The summed E-state index contributed by atoms with van der Waals surface area (Å²) in [6.45, 7) is 10.3. The minimum Gasteiger partial charge on any atom is -0.465 e. The van der Waals surface area contributed by atoms with Gasteiger partial charge < -0.3 is 4.74 Å². The van der Waals surface area contributed by atoms with Crippen LogP contribution >= 0.6 is 0 Å². The zero-order valence-electron chi connectivity index (χ0n) is 9.31. The number of rotatable bonds is 5. The second-order valence-electron chi connectivity index (χ2n) is 3.86. The van der Waals surface area contributed by atoms with E-state index in [9.17, 15) is 4.79 Å². The molecule has 0 aromatic rings. The second kappa shape index (κ2) is 5.22. The molecule has 0 heterocycles. The molecular formula is C10H21NO2. The van der Waals surface area contributed by atoms with E-state index in [0.29, 0.717) is 6.61 Å². The summed E-state index contributed by atoms with van der Waals surface area (Å²) in [4.78, 5) is 11.3. The van der Waals surface area contributed by atoms with Gasteiger partial charge in [-0.05, 0) is 34.1 Å². The van der Waals surface area contributed by atoms with E-state index in [1.54, 1.807) is 0 Å². The fraction of sp³-hybridized carbons (Fsp3) is 0.900. The average molecular weight is 187 g/mol. The lowest BCUT2D eigenvalue weighted by Gasteiger charge is -2.27. The minimum absolute atomic E-state index is 0.00776. The highest BCUT2D eigenvalue weighted by atomic mass is 16.5. The van der Waals surface area contributed by atoms with E-state index in [2.05, 4.69) is 26.1 Å². The van der Waals surface area contributed by atoms with Crippen LogP contribution in [-0.4, -0.2) is 24.2 Å². The van der Waals surface area contributed by atoms with Gasteiger partial charge in [0, 0.05) is 5.54 Å². The molecule has 0 aromatic carbocycles. The summed E-state index contributed by atoms with van der Waals surface area (Å²) in [7, 11) is 0. The van der Waals surface area contributed by atoms with Crippen LogP contribution in [0.3, 0.4) is 0 Å². The van der Waals surface area contributed by atoms with Gasteiger partial charge in [0.05, 0.1) is 6.61 Å². The zero-order valence-corrected chi connectivity index (χ0v) is 9.31. The van der Waals surface area contributed by atoms with Crippen LogP contribution in [0.15, 0.2) is 0 Å². The first kappa shape index (κ1) is 12.4. The van der Waals surface area contributed by atoms with Crippen LogP contribution in [0.25, 0.3) is 0 Å². The number of hydrogen-bond donors (Lipinski definition) is 1. The van der Waals surface area contributed by atoms with Crippen molar-refractivity contribution in [3.63, 3.8) is 0 Å². The van der Waals surface area contributed by atoms with Gasteiger partial charge in [-0.2, -0.15) is 0 Å². The molecule has 0 fully saturated rings. The van der Waals surface area contributed by atoms with Crippen LogP contribution in [0.2, 0.25) is 0 Å². The molecule has 3 heteroatoms. The number of hydrogen-bond acceptors (Lipinski definition) is 3. The van der Waals surface area contributed by atoms with Gasteiger partial charge in [0.25, 0.3) is 0 Å². The van der Waals surface area contributed by atoms with Gasteiger partial charge in [0.15, 0.2) is 0 Å². The van der Waals surface area contributed by atoms with Gasteiger partial charge in [-0.15, -0.1) is 0 Å². The molecule has 0 aliphatic rings. The van der Waals surface area contributed by atoms with E-state index in [4.69, 9.17) is 4.74 Å². The Labute approximate surface area is 80.8 Å². The van der Waals surface area contributed by atoms with Crippen LogP contribution in [0.5, 0.6) is 0 Å². The second-order valence-corrected chi connectivity index (χ2v) is 3.86. The maximum atomic E-state index is 11.3. The molecule has 0 aromatic heterocycles. The minimum atomic E-state index is -0.227. The molecule has 1 atom stereocenters. The summed E-state index contributed by atoms with van der Waals surface area (Å²) in [5.74, 6) is -0.177. The first-order valence-corrected chi connectivity index (χ1v) is 4.87. The lowest BCUT2D eigenvalue weighted by atomic mass is 10.0. The Bertz CT molecular complexity index is 166. The molecule has 0 aliphatic carbocycles. The van der Waals surface area contributed by atoms with E-state index >= 15 is 0 Å². The molecule has 0 amide bonds. The normalized spacial score (nSPS) is 13.9. The lowest BCUT2D eigenvalue weighted by Crippen LogP contribution is -2.48. The Morgan fingerprint density at radius 2 is 2.00 bits per heavy atom. The van der Waals surface area contributed by atoms with Crippen molar-refractivity contribution in [3.05, 3.63) is 0 Å². The quantitative estimate of drug-likeness (QED) is 0.666. The topological polar surface area (TPSA) is 38.3 Å². The lowest BCUT2D eigenvalue weighted by molar-refractivity contribution is -0.145. The van der Waals surface area contributed by atoms with Crippen molar-refractivity contribution in [2.45, 2.75) is 52.6 Å². The third-order valence-electron chi connectivity index (χ3n) is 2.13. The van der Waals surface area contributed by atoms with Crippen molar-refractivity contribution < 1.29 is 9.53 Å². The molecule has 0 aliphatic heterocycles.